The molecule has 2 heterocycles. The van der Waals surface area contributed by atoms with Gasteiger partial charge in [-0.1, -0.05) is 6.07 Å². The molecule has 0 atom stereocenters. The average Bonchev–Trinajstić information content (AvgIpc) is 2.93. The fraction of sp³-hybridized carbons (Fsp3) is 0.438. The van der Waals surface area contributed by atoms with Crippen molar-refractivity contribution in [2.24, 2.45) is 0 Å². The number of hydrogen-bond donors (Lipinski definition) is 1. The number of anilines is 2. The molecule has 4 N–H and O–H groups in total. The Kier molecular flexibility index (Phi) is 4.40. The summed E-state index contributed by atoms with van der Waals surface area (Å²) in [5.74, 6) is 0.325. The van der Waals surface area contributed by atoms with Crippen LogP contribution in [0.1, 0.15) is 24.0 Å². The molecule has 1 saturated heterocycles. The number of aromatic nitrogens is 2. The molecule has 24 heavy (non-hydrogen) atoms. The molecular weight excluding hydrogens is 321 g/mol. The molecule has 0 amide bonds. The zero-order valence-electron chi connectivity index (χ0n) is 13.1. The van der Waals surface area contributed by atoms with E-state index < -0.39 is 11.7 Å². The second-order valence-electron chi connectivity index (χ2n) is 6.02. The minimum Gasteiger partial charge on any atom is -0.443 e. The minimum absolute atomic E-state index is 0.139. The Morgan fingerprint density at radius 3 is 2.54 bits per heavy atom. The van der Waals surface area contributed by atoms with E-state index in [9.17, 15) is 13.2 Å². The molecule has 5 nitrogen and oxygen atoms in total. The molecule has 1 aromatic heterocycles. The number of piperidine rings is 1. The van der Waals surface area contributed by atoms with Gasteiger partial charge in [-0.3, -0.25) is 0 Å². The van der Waals surface area contributed by atoms with E-state index in [-0.39, 0.29) is 6.10 Å². The van der Waals surface area contributed by atoms with Crippen LogP contribution in [0.4, 0.5) is 24.8 Å². The molecule has 1 aromatic carbocycles. The lowest BCUT2D eigenvalue weighted by molar-refractivity contribution is -0.137. The van der Waals surface area contributed by atoms with Crippen molar-refractivity contribution in [3.63, 3.8) is 0 Å². The van der Waals surface area contributed by atoms with Gasteiger partial charge < -0.3 is 20.3 Å². The molecule has 0 spiro atoms. The predicted octanol–water partition coefficient (Wildman–Crippen LogP) is 2.23. The summed E-state index contributed by atoms with van der Waals surface area (Å²) < 4.78 is 41.0. The summed E-state index contributed by atoms with van der Waals surface area (Å²) in [4.78, 5) is 5.88. The van der Waals surface area contributed by atoms with Crippen LogP contribution in [0.15, 0.2) is 30.6 Å². The van der Waals surface area contributed by atoms with Crippen molar-refractivity contribution < 1.29 is 18.3 Å². The van der Waals surface area contributed by atoms with Gasteiger partial charge >= 0.3 is 6.18 Å². The Balaban J connectivity index is 1.96. The van der Waals surface area contributed by atoms with Gasteiger partial charge in [0.1, 0.15) is 0 Å². The second-order valence-corrected chi connectivity index (χ2v) is 6.02. The lowest BCUT2D eigenvalue weighted by Gasteiger charge is -2.32. The molecule has 0 aliphatic carbocycles. The van der Waals surface area contributed by atoms with Gasteiger partial charge in [0.25, 0.3) is 0 Å². The zero-order chi connectivity index (χ0) is 17.3. The molecule has 2 aromatic rings. The smallest absolute Gasteiger partial charge is 0.416 e. The van der Waals surface area contributed by atoms with E-state index in [2.05, 4.69) is 4.98 Å². The van der Waals surface area contributed by atoms with E-state index in [0.29, 0.717) is 44.1 Å². The standard InChI is InChI=1S/C16H19F3N4O/c17-16(18,19)12-2-1-11(10-23-8-5-21-15(23)20)14(9-12)22-6-3-13(24)4-7-22/h1-2,5,8-9,13,24H,3-4,6-7,10H2,(H2,20,21)/p+1. The van der Waals surface area contributed by atoms with E-state index >= 15 is 0 Å². The molecule has 1 fully saturated rings. The highest BCUT2D eigenvalue weighted by molar-refractivity contribution is 5.57. The highest BCUT2D eigenvalue weighted by Crippen LogP contribution is 2.35. The molecule has 8 heteroatoms. The maximum Gasteiger partial charge on any atom is 0.416 e. The Hall–Kier alpha value is -2.22. The van der Waals surface area contributed by atoms with Crippen molar-refractivity contribution in [1.82, 2.24) is 9.55 Å². The van der Waals surface area contributed by atoms with Crippen LogP contribution in [-0.2, 0) is 12.7 Å². The topological polar surface area (TPSA) is 70.0 Å². The summed E-state index contributed by atoms with van der Waals surface area (Å²) in [5.41, 5.74) is 6.43. The first-order chi connectivity index (χ1) is 11.3. The number of alkyl halides is 3. The number of nitrogen functional groups attached to an aromatic ring is 1. The Morgan fingerprint density at radius 2 is 1.96 bits per heavy atom. The summed E-state index contributed by atoms with van der Waals surface area (Å²) in [7, 11) is 0. The van der Waals surface area contributed by atoms with Gasteiger partial charge in [0.05, 0.1) is 12.1 Å². The van der Waals surface area contributed by atoms with Crippen LogP contribution in [0.3, 0.4) is 0 Å². The fourth-order valence-electron chi connectivity index (χ4n) is 2.95. The summed E-state index contributed by atoms with van der Waals surface area (Å²) in [5, 5.41) is 7.77. The lowest BCUT2D eigenvalue weighted by Crippen LogP contribution is -2.36. The zero-order valence-corrected chi connectivity index (χ0v) is 13.1. The van der Waals surface area contributed by atoms with E-state index in [1.165, 1.54) is 12.1 Å². The Bertz CT molecular complexity index is 706. The van der Waals surface area contributed by atoms with Crippen LogP contribution < -0.4 is 10.6 Å². The number of benzene rings is 1. The van der Waals surface area contributed by atoms with Gasteiger partial charge in [0.2, 0.25) is 0 Å². The Morgan fingerprint density at radius 1 is 1.25 bits per heavy atom. The average molecular weight is 341 g/mol. The van der Waals surface area contributed by atoms with Gasteiger partial charge in [0, 0.05) is 44.0 Å². The van der Waals surface area contributed by atoms with E-state index in [1.54, 1.807) is 17.0 Å². The first-order valence-electron chi connectivity index (χ1n) is 7.77. The third-order valence-corrected chi connectivity index (χ3v) is 4.34. The van der Waals surface area contributed by atoms with Crippen LogP contribution in [-0.4, -0.2) is 33.9 Å². The van der Waals surface area contributed by atoms with E-state index in [4.69, 9.17) is 10.8 Å². The highest BCUT2D eigenvalue weighted by atomic mass is 19.4. The van der Waals surface area contributed by atoms with Gasteiger partial charge in [-0.25, -0.2) is 4.98 Å². The second kappa shape index (κ2) is 6.35. The van der Waals surface area contributed by atoms with Crippen molar-refractivity contribution in [2.75, 3.05) is 23.7 Å². The summed E-state index contributed by atoms with van der Waals surface area (Å²) in [6.45, 7) is 1.53. The molecule has 0 radical (unpaired) electrons. The largest absolute Gasteiger partial charge is 0.443 e. The summed E-state index contributed by atoms with van der Waals surface area (Å²) in [6.07, 6.45) is 0.0537. The number of nitrogens with two attached hydrogens (primary N) is 1. The quantitative estimate of drug-likeness (QED) is 0.871. The number of imidazole rings is 1. The number of hydrogen-bond acceptors (Lipinski definition) is 3. The van der Waals surface area contributed by atoms with Gasteiger partial charge in [-0.05, 0) is 17.7 Å². The van der Waals surface area contributed by atoms with Gasteiger partial charge in [-0.15, -0.1) is 0 Å². The van der Waals surface area contributed by atoms with Crippen molar-refractivity contribution in [2.45, 2.75) is 31.7 Å². The maximum absolute atomic E-state index is 13.1. The number of rotatable bonds is 3. The molecule has 0 bridgehead atoms. The number of nitrogens with zero attached hydrogens (tertiary/aromatic N) is 3. The summed E-state index contributed by atoms with van der Waals surface area (Å²) in [6, 6.07) is 3.81. The molecule has 3 rings (SSSR count). The molecular formula is C16H20F3N4O+. The normalized spacial score (nSPS) is 16.6. The van der Waals surface area contributed by atoms with Crippen LogP contribution in [0.25, 0.3) is 0 Å². The van der Waals surface area contributed by atoms with Crippen molar-refractivity contribution in [1.29, 1.82) is 0 Å². The Labute approximate surface area is 137 Å². The van der Waals surface area contributed by atoms with Crippen molar-refractivity contribution >= 4 is 11.6 Å². The molecule has 0 unspecified atom stereocenters. The molecule has 1 aliphatic rings. The van der Waals surface area contributed by atoms with Crippen LogP contribution in [0.5, 0.6) is 0 Å². The molecule has 130 valence electrons. The van der Waals surface area contributed by atoms with Crippen molar-refractivity contribution in [3.05, 3.63) is 41.7 Å². The first-order valence-corrected chi connectivity index (χ1v) is 7.77. The highest BCUT2D eigenvalue weighted by Gasteiger charge is 2.32. The van der Waals surface area contributed by atoms with Crippen LogP contribution in [0, 0.1) is 0 Å². The van der Waals surface area contributed by atoms with E-state index in [0.717, 1.165) is 11.6 Å². The molecule has 1 aliphatic heterocycles. The molecule has 0 saturated carbocycles. The predicted molar refractivity (Wildman–Crippen MR) is 86.0 cm³/mol. The van der Waals surface area contributed by atoms with Crippen LogP contribution >= 0.6 is 0 Å². The third-order valence-electron chi connectivity index (χ3n) is 4.34. The SMILES string of the molecule is Nc1nccn1Cc1ccc(C(F)(F)F)cc1N1CCC([OH2+])CC1. The van der Waals surface area contributed by atoms with E-state index in [1.807, 2.05) is 4.90 Å². The first kappa shape index (κ1) is 16.6. The fourth-order valence-corrected chi connectivity index (χ4v) is 2.95. The van der Waals surface area contributed by atoms with Gasteiger partial charge in [-0.2, -0.15) is 13.2 Å². The maximum atomic E-state index is 13.1. The van der Waals surface area contributed by atoms with Crippen molar-refractivity contribution in [3.8, 4) is 0 Å². The summed E-state index contributed by atoms with van der Waals surface area (Å²) >= 11 is 0. The minimum atomic E-state index is -4.38. The monoisotopic (exact) mass is 341 g/mol. The lowest BCUT2D eigenvalue weighted by atomic mass is 10.0. The third kappa shape index (κ3) is 3.48. The van der Waals surface area contributed by atoms with Crippen LogP contribution in [0.2, 0.25) is 0 Å². The number of halogens is 3. The van der Waals surface area contributed by atoms with Gasteiger partial charge in [0.15, 0.2) is 12.1 Å².